The number of aryl methyl sites for hydroxylation is 1. The molecule has 0 saturated heterocycles. The van der Waals surface area contributed by atoms with E-state index in [9.17, 15) is 9.90 Å². The van der Waals surface area contributed by atoms with Gasteiger partial charge in [0.15, 0.2) is 0 Å². The van der Waals surface area contributed by atoms with Crippen molar-refractivity contribution in [2.45, 2.75) is 35.6 Å². The van der Waals surface area contributed by atoms with Crippen LogP contribution in [-0.2, 0) is 11.2 Å². The van der Waals surface area contributed by atoms with Crippen molar-refractivity contribution in [3.05, 3.63) is 54.1 Å². The van der Waals surface area contributed by atoms with Crippen LogP contribution in [0.1, 0.15) is 25.3 Å². The number of fused-ring (bicyclic) bond motifs is 1. The number of hydrogen-bond acceptors (Lipinski definition) is 3. The molecule has 1 fully saturated rings. The van der Waals surface area contributed by atoms with Crippen molar-refractivity contribution in [3.63, 3.8) is 0 Å². The number of carboxylic acid groups (broad SMARTS) is 1. The third-order valence-electron chi connectivity index (χ3n) is 5.04. The minimum atomic E-state index is -0.651. The number of thiophene rings is 1. The van der Waals surface area contributed by atoms with Crippen molar-refractivity contribution in [3.8, 4) is 10.4 Å². The number of carbonyl (C=O) groups is 1. The molecule has 4 heteroatoms. The summed E-state index contributed by atoms with van der Waals surface area (Å²) in [7, 11) is 0. The Morgan fingerprint density at radius 1 is 1.12 bits per heavy atom. The van der Waals surface area contributed by atoms with Gasteiger partial charge < -0.3 is 5.11 Å². The molecule has 2 atom stereocenters. The summed E-state index contributed by atoms with van der Waals surface area (Å²) in [4.78, 5) is 12.5. The number of aliphatic carboxylic acids is 1. The Hall–Kier alpha value is -1.78. The van der Waals surface area contributed by atoms with Crippen molar-refractivity contribution >= 4 is 39.8 Å². The van der Waals surface area contributed by atoms with Crippen LogP contribution in [0.5, 0.6) is 0 Å². The van der Waals surface area contributed by atoms with E-state index in [2.05, 4.69) is 55.5 Å². The lowest BCUT2D eigenvalue weighted by Crippen LogP contribution is -2.34. The van der Waals surface area contributed by atoms with Crippen LogP contribution in [0.3, 0.4) is 0 Å². The van der Waals surface area contributed by atoms with Crippen LogP contribution in [0.2, 0.25) is 0 Å². The van der Waals surface area contributed by atoms with Gasteiger partial charge in [-0.1, -0.05) is 43.3 Å². The van der Waals surface area contributed by atoms with Crippen LogP contribution in [0, 0.1) is 5.92 Å². The fourth-order valence-corrected chi connectivity index (χ4v) is 6.18. The zero-order chi connectivity index (χ0) is 17.4. The summed E-state index contributed by atoms with van der Waals surface area (Å²) in [5.74, 6) is -0.832. The molecule has 2 nitrogen and oxygen atoms in total. The molecule has 0 amide bonds. The largest absolute Gasteiger partial charge is 0.481 e. The predicted molar refractivity (Wildman–Crippen MR) is 107 cm³/mol. The highest BCUT2D eigenvalue weighted by atomic mass is 32.2. The first-order chi connectivity index (χ1) is 12.2. The second-order valence-electron chi connectivity index (χ2n) is 6.47. The topological polar surface area (TPSA) is 37.3 Å². The van der Waals surface area contributed by atoms with E-state index in [1.54, 1.807) is 23.1 Å². The number of thioether (sulfide) groups is 1. The lowest BCUT2D eigenvalue weighted by atomic mass is 9.85. The fraction of sp³-hybridized carbons (Fsp3) is 0.286. The highest BCUT2D eigenvalue weighted by molar-refractivity contribution is 8.01. The number of benzene rings is 2. The number of hydrogen-bond donors (Lipinski definition) is 1. The molecule has 4 rings (SSSR count). The maximum Gasteiger partial charge on any atom is 0.307 e. The van der Waals surface area contributed by atoms with E-state index in [1.807, 2.05) is 0 Å². The van der Waals surface area contributed by atoms with E-state index in [0.29, 0.717) is 0 Å². The van der Waals surface area contributed by atoms with E-state index in [-0.39, 0.29) is 11.2 Å². The van der Waals surface area contributed by atoms with Crippen LogP contribution in [0.15, 0.2) is 52.7 Å². The summed E-state index contributed by atoms with van der Waals surface area (Å²) in [5.41, 5.74) is 2.65. The molecular formula is C21H20O2S2. The van der Waals surface area contributed by atoms with Gasteiger partial charge in [0.1, 0.15) is 0 Å². The average Bonchev–Trinajstić information content (AvgIpc) is 3.05. The van der Waals surface area contributed by atoms with Crippen LogP contribution in [-0.4, -0.2) is 16.3 Å². The molecule has 2 unspecified atom stereocenters. The zero-order valence-electron chi connectivity index (χ0n) is 14.1. The van der Waals surface area contributed by atoms with E-state index in [0.717, 1.165) is 19.3 Å². The first-order valence-electron chi connectivity index (χ1n) is 8.67. The summed E-state index contributed by atoms with van der Waals surface area (Å²) >= 11 is 3.51. The third kappa shape index (κ3) is 3.09. The molecule has 0 radical (unpaired) electrons. The van der Waals surface area contributed by atoms with Gasteiger partial charge in [0.2, 0.25) is 0 Å². The van der Waals surface area contributed by atoms with Gasteiger partial charge in [-0.15, -0.1) is 23.1 Å². The fourth-order valence-electron chi connectivity index (χ4n) is 3.46. The Labute approximate surface area is 155 Å². The predicted octanol–water partition coefficient (Wildman–Crippen LogP) is 6.09. The standard InChI is InChI=1S/C21H20O2S2/c1-2-13-7-8-16(15-6-4-3-5-14(13)15)18-11-12-20(24-18)25-19-10-9-17(19)21(22)23/h3-8,11-12,17,19H,2,9-10H2,1H3,(H,22,23). The minimum absolute atomic E-state index is 0.180. The van der Waals surface area contributed by atoms with E-state index < -0.39 is 5.97 Å². The maximum atomic E-state index is 11.2. The first kappa shape index (κ1) is 16.7. The van der Waals surface area contributed by atoms with Crippen LogP contribution >= 0.6 is 23.1 Å². The molecule has 128 valence electrons. The summed E-state index contributed by atoms with van der Waals surface area (Å²) < 4.78 is 1.22. The number of carboxylic acids is 1. The van der Waals surface area contributed by atoms with Gasteiger partial charge in [0, 0.05) is 10.1 Å². The van der Waals surface area contributed by atoms with Crippen molar-refractivity contribution in [2.24, 2.45) is 5.92 Å². The molecule has 0 aliphatic heterocycles. The maximum absolute atomic E-state index is 11.2. The Morgan fingerprint density at radius 2 is 1.92 bits per heavy atom. The molecule has 1 aliphatic carbocycles. The normalized spacial score (nSPS) is 19.7. The van der Waals surface area contributed by atoms with Crippen LogP contribution in [0.4, 0.5) is 0 Å². The van der Waals surface area contributed by atoms with E-state index in [4.69, 9.17) is 0 Å². The monoisotopic (exact) mass is 368 g/mol. The molecule has 1 aromatic heterocycles. The summed E-state index contributed by atoms with van der Waals surface area (Å²) in [6, 6.07) is 17.4. The SMILES string of the molecule is CCc1ccc(-c2ccc(SC3CCC3C(=O)O)s2)c2ccccc12. The highest BCUT2D eigenvalue weighted by Gasteiger charge is 2.37. The van der Waals surface area contributed by atoms with Crippen molar-refractivity contribution in [1.29, 1.82) is 0 Å². The molecule has 1 aliphatic rings. The van der Waals surface area contributed by atoms with Crippen molar-refractivity contribution < 1.29 is 9.90 Å². The Morgan fingerprint density at radius 3 is 2.60 bits per heavy atom. The average molecular weight is 369 g/mol. The van der Waals surface area contributed by atoms with Gasteiger partial charge in [-0.3, -0.25) is 4.79 Å². The van der Waals surface area contributed by atoms with Crippen LogP contribution in [0.25, 0.3) is 21.2 Å². The summed E-state index contributed by atoms with van der Waals surface area (Å²) in [5, 5.41) is 12.1. The van der Waals surface area contributed by atoms with Crippen molar-refractivity contribution in [1.82, 2.24) is 0 Å². The molecule has 1 N–H and O–H groups in total. The second kappa shape index (κ2) is 6.85. The smallest absolute Gasteiger partial charge is 0.307 e. The van der Waals surface area contributed by atoms with Gasteiger partial charge in [-0.05, 0) is 53.3 Å². The lowest BCUT2D eigenvalue weighted by Gasteiger charge is -2.32. The lowest BCUT2D eigenvalue weighted by molar-refractivity contribution is -0.144. The Balaban J connectivity index is 1.65. The first-order valence-corrected chi connectivity index (χ1v) is 10.4. The Bertz CT molecular complexity index is 929. The highest BCUT2D eigenvalue weighted by Crippen LogP contribution is 2.45. The number of rotatable bonds is 5. The van der Waals surface area contributed by atoms with Crippen molar-refractivity contribution in [2.75, 3.05) is 0 Å². The summed E-state index contributed by atoms with van der Waals surface area (Å²) in [6.07, 6.45) is 2.85. The molecular weight excluding hydrogens is 348 g/mol. The zero-order valence-corrected chi connectivity index (χ0v) is 15.7. The Kier molecular flexibility index (Phi) is 4.57. The van der Waals surface area contributed by atoms with Crippen LogP contribution < -0.4 is 0 Å². The van der Waals surface area contributed by atoms with Gasteiger partial charge in [-0.2, -0.15) is 0 Å². The minimum Gasteiger partial charge on any atom is -0.481 e. The van der Waals surface area contributed by atoms with Gasteiger partial charge in [0.25, 0.3) is 0 Å². The molecule has 1 heterocycles. The quantitative estimate of drug-likeness (QED) is 0.592. The molecule has 1 saturated carbocycles. The molecule has 3 aromatic rings. The van der Waals surface area contributed by atoms with Gasteiger partial charge >= 0.3 is 5.97 Å². The molecule has 25 heavy (non-hydrogen) atoms. The molecule has 2 aromatic carbocycles. The van der Waals surface area contributed by atoms with Gasteiger partial charge in [-0.25, -0.2) is 0 Å². The molecule has 0 spiro atoms. The molecule has 0 bridgehead atoms. The van der Waals surface area contributed by atoms with Gasteiger partial charge in [0.05, 0.1) is 10.1 Å². The van der Waals surface area contributed by atoms with E-state index >= 15 is 0 Å². The summed E-state index contributed by atoms with van der Waals surface area (Å²) in [6.45, 7) is 2.19. The van der Waals surface area contributed by atoms with E-state index in [1.165, 1.54) is 31.0 Å². The third-order valence-corrected chi connectivity index (χ3v) is 7.72. The second-order valence-corrected chi connectivity index (χ2v) is 9.09.